The third-order valence-corrected chi connectivity index (χ3v) is 13.1. The Morgan fingerprint density at radius 2 is 0.705 bits per heavy atom. The number of benzene rings is 12. The lowest BCUT2D eigenvalue weighted by molar-refractivity contribution is 1.18. The van der Waals surface area contributed by atoms with Gasteiger partial charge in [0.2, 0.25) is 0 Å². The molecule has 1 heteroatoms. The van der Waals surface area contributed by atoms with Crippen molar-refractivity contribution in [2.45, 2.75) is 0 Å². The van der Waals surface area contributed by atoms with Crippen LogP contribution in [0.1, 0.15) is 0 Å². The molecule has 13 rings (SSSR count). The SMILES string of the molecule is c1ccc2cc3cc(-c4c5ccccc5c(-c5ccc(-n6c7ccccc7c7ccccc76)cc5)c5ccc(-c6cccc7cc8ccccc8cc67)cc45)ccc3cc2c1. The highest BCUT2D eigenvalue weighted by Gasteiger charge is 2.19. The topological polar surface area (TPSA) is 4.93 Å². The summed E-state index contributed by atoms with van der Waals surface area (Å²) in [5.74, 6) is 0. The second-order valence-electron chi connectivity index (χ2n) is 16.5. The maximum Gasteiger partial charge on any atom is 0.0541 e. The van der Waals surface area contributed by atoms with Crippen molar-refractivity contribution >= 4 is 86.4 Å². The van der Waals surface area contributed by atoms with Crippen LogP contribution in [0.5, 0.6) is 0 Å². The summed E-state index contributed by atoms with van der Waals surface area (Å²) in [4.78, 5) is 0. The molecule has 282 valence electrons. The van der Waals surface area contributed by atoms with E-state index in [0.29, 0.717) is 0 Å². The second-order valence-corrected chi connectivity index (χ2v) is 16.5. The van der Waals surface area contributed by atoms with E-state index in [-0.39, 0.29) is 0 Å². The smallest absolute Gasteiger partial charge is 0.0541 e. The van der Waals surface area contributed by atoms with E-state index in [0.717, 1.165) is 5.69 Å². The van der Waals surface area contributed by atoms with E-state index >= 15 is 0 Å². The number of hydrogen-bond donors (Lipinski definition) is 0. The summed E-state index contributed by atoms with van der Waals surface area (Å²) in [5, 5.41) is 17.6. The van der Waals surface area contributed by atoms with Crippen LogP contribution in [-0.4, -0.2) is 4.57 Å². The first-order chi connectivity index (χ1) is 30.2. The van der Waals surface area contributed by atoms with Gasteiger partial charge in [0.05, 0.1) is 11.0 Å². The average Bonchev–Trinajstić information content (AvgIpc) is 3.66. The van der Waals surface area contributed by atoms with Crippen LogP contribution in [0, 0.1) is 0 Å². The maximum absolute atomic E-state index is 2.46. The van der Waals surface area contributed by atoms with Crippen LogP contribution in [0.3, 0.4) is 0 Å². The van der Waals surface area contributed by atoms with Gasteiger partial charge in [-0.2, -0.15) is 0 Å². The minimum atomic E-state index is 1.15. The van der Waals surface area contributed by atoms with Crippen molar-refractivity contribution in [3.63, 3.8) is 0 Å². The molecule has 1 aromatic heterocycles. The van der Waals surface area contributed by atoms with Gasteiger partial charge in [0.25, 0.3) is 0 Å². The lowest BCUT2D eigenvalue weighted by atomic mass is 9.84. The van der Waals surface area contributed by atoms with E-state index in [9.17, 15) is 0 Å². The fraction of sp³-hybridized carbons (Fsp3) is 0. The Hall–Kier alpha value is -8.00. The highest BCUT2D eigenvalue weighted by Crippen LogP contribution is 2.46. The molecule has 61 heavy (non-hydrogen) atoms. The fourth-order valence-corrected chi connectivity index (χ4v) is 10.3. The molecular weight excluding hydrogens is 735 g/mol. The Morgan fingerprint density at radius 1 is 0.230 bits per heavy atom. The predicted molar refractivity (Wildman–Crippen MR) is 262 cm³/mol. The monoisotopic (exact) mass is 771 g/mol. The molecule has 0 unspecified atom stereocenters. The number of para-hydroxylation sites is 2. The van der Waals surface area contributed by atoms with Gasteiger partial charge in [-0.25, -0.2) is 0 Å². The molecule has 0 aliphatic heterocycles. The summed E-state index contributed by atoms with van der Waals surface area (Å²) >= 11 is 0. The first-order valence-electron chi connectivity index (χ1n) is 21.2. The van der Waals surface area contributed by atoms with Crippen LogP contribution < -0.4 is 0 Å². The second kappa shape index (κ2) is 13.3. The zero-order valence-corrected chi connectivity index (χ0v) is 33.3. The van der Waals surface area contributed by atoms with E-state index in [1.165, 1.54) is 120 Å². The van der Waals surface area contributed by atoms with Gasteiger partial charge in [-0.3, -0.25) is 0 Å². The van der Waals surface area contributed by atoms with Gasteiger partial charge in [0.1, 0.15) is 0 Å². The minimum absolute atomic E-state index is 1.15. The molecule has 0 saturated heterocycles. The number of rotatable bonds is 4. The van der Waals surface area contributed by atoms with Gasteiger partial charge in [-0.05, 0) is 159 Å². The minimum Gasteiger partial charge on any atom is -0.309 e. The molecule has 1 nitrogen and oxygen atoms in total. The van der Waals surface area contributed by atoms with Crippen molar-refractivity contribution in [1.29, 1.82) is 0 Å². The lowest BCUT2D eigenvalue weighted by Crippen LogP contribution is -1.95. The summed E-state index contributed by atoms with van der Waals surface area (Å²) in [7, 11) is 0. The molecule has 0 radical (unpaired) electrons. The van der Waals surface area contributed by atoms with Crippen LogP contribution >= 0.6 is 0 Å². The van der Waals surface area contributed by atoms with Gasteiger partial charge in [0.15, 0.2) is 0 Å². The Labute approximate surface area is 353 Å². The molecule has 0 saturated carbocycles. The lowest BCUT2D eigenvalue weighted by Gasteiger charge is -2.20. The van der Waals surface area contributed by atoms with Crippen LogP contribution in [0.15, 0.2) is 224 Å². The molecule has 0 aliphatic carbocycles. The third-order valence-electron chi connectivity index (χ3n) is 13.1. The van der Waals surface area contributed by atoms with Crippen LogP contribution in [0.2, 0.25) is 0 Å². The largest absolute Gasteiger partial charge is 0.309 e. The van der Waals surface area contributed by atoms with Crippen molar-refractivity contribution in [2.75, 3.05) is 0 Å². The van der Waals surface area contributed by atoms with Gasteiger partial charge < -0.3 is 4.57 Å². The van der Waals surface area contributed by atoms with E-state index in [1.807, 2.05) is 0 Å². The number of hydrogen-bond acceptors (Lipinski definition) is 0. The first kappa shape index (κ1) is 33.9. The summed E-state index contributed by atoms with van der Waals surface area (Å²) < 4.78 is 2.40. The van der Waals surface area contributed by atoms with E-state index in [2.05, 4.69) is 229 Å². The molecule has 12 aromatic carbocycles. The molecular formula is C60H37N. The fourth-order valence-electron chi connectivity index (χ4n) is 10.3. The molecule has 0 atom stereocenters. The van der Waals surface area contributed by atoms with E-state index in [4.69, 9.17) is 0 Å². The van der Waals surface area contributed by atoms with Crippen LogP contribution in [0.25, 0.3) is 126 Å². The van der Waals surface area contributed by atoms with Crippen molar-refractivity contribution in [2.24, 2.45) is 0 Å². The predicted octanol–water partition coefficient (Wildman–Crippen LogP) is 16.7. The normalized spacial score (nSPS) is 11.9. The zero-order valence-electron chi connectivity index (χ0n) is 33.3. The molecule has 0 aliphatic rings. The third kappa shape index (κ3) is 5.27. The maximum atomic E-state index is 2.46. The quantitative estimate of drug-likeness (QED) is 0.157. The number of fused-ring (bicyclic) bond motifs is 9. The summed E-state index contributed by atoms with van der Waals surface area (Å²) in [6, 6.07) is 83.4. The van der Waals surface area contributed by atoms with Crippen molar-refractivity contribution in [1.82, 2.24) is 4.57 Å². The molecule has 13 aromatic rings. The van der Waals surface area contributed by atoms with Gasteiger partial charge >= 0.3 is 0 Å². The average molecular weight is 772 g/mol. The number of aromatic nitrogens is 1. The summed E-state index contributed by atoms with van der Waals surface area (Å²) in [6.07, 6.45) is 0. The molecule has 0 amide bonds. The van der Waals surface area contributed by atoms with Crippen LogP contribution in [0.4, 0.5) is 0 Å². The Morgan fingerprint density at radius 3 is 1.38 bits per heavy atom. The van der Waals surface area contributed by atoms with Crippen molar-refractivity contribution < 1.29 is 0 Å². The number of nitrogens with zero attached hydrogens (tertiary/aromatic N) is 1. The molecule has 0 bridgehead atoms. The summed E-state index contributed by atoms with van der Waals surface area (Å²) in [5.41, 5.74) is 11.0. The summed E-state index contributed by atoms with van der Waals surface area (Å²) in [6.45, 7) is 0. The van der Waals surface area contributed by atoms with Crippen molar-refractivity contribution in [3.05, 3.63) is 224 Å². The Bertz CT molecular complexity index is 3870. The highest BCUT2D eigenvalue weighted by atomic mass is 15.0. The zero-order chi connectivity index (χ0) is 40.0. The molecule has 0 N–H and O–H groups in total. The van der Waals surface area contributed by atoms with E-state index in [1.54, 1.807) is 0 Å². The Balaban J connectivity index is 1.07. The first-order valence-corrected chi connectivity index (χ1v) is 21.2. The molecule has 0 fully saturated rings. The Kier molecular flexibility index (Phi) is 7.37. The molecule has 0 spiro atoms. The standard InChI is InChI=1S/C60H37N/c1-2-14-41-34-47-35-46(25-24-43(47)32-39(41)12-1)60-53-20-6-5-19-52(53)59(38-26-29-48(30-27-38)61-57-22-9-7-17-50(57)51-18-8-10-23-58(51)61)54-31-28-45(37-56(54)60)49-21-11-16-44-33-40-13-3-4-15-42(40)36-55(44)49/h1-37H. The van der Waals surface area contributed by atoms with Gasteiger partial charge in [-0.1, -0.05) is 164 Å². The van der Waals surface area contributed by atoms with Gasteiger partial charge in [-0.15, -0.1) is 0 Å². The van der Waals surface area contributed by atoms with Crippen LogP contribution in [-0.2, 0) is 0 Å². The van der Waals surface area contributed by atoms with E-state index < -0.39 is 0 Å². The van der Waals surface area contributed by atoms with Crippen molar-refractivity contribution in [3.8, 4) is 39.1 Å². The highest BCUT2D eigenvalue weighted by molar-refractivity contribution is 6.23. The molecule has 1 heterocycles. The van der Waals surface area contributed by atoms with Gasteiger partial charge in [0, 0.05) is 16.5 Å².